The minimum Gasteiger partial charge on any atom is -0.496 e. The van der Waals surface area contributed by atoms with Gasteiger partial charge in [0.15, 0.2) is 0 Å². The fourth-order valence-electron chi connectivity index (χ4n) is 2.07. The first-order valence-electron chi connectivity index (χ1n) is 7.38. The lowest BCUT2D eigenvalue weighted by molar-refractivity contribution is -0.120. The lowest BCUT2D eigenvalue weighted by Gasteiger charge is -2.11. The number of nitrogens with one attached hydrogen (secondary N) is 1. The van der Waals surface area contributed by atoms with Gasteiger partial charge in [-0.25, -0.2) is 0 Å². The van der Waals surface area contributed by atoms with Crippen LogP contribution in [0.4, 0.5) is 0 Å². The molecule has 0 saturated heterocycles. The van der Waals surface area contributed by atoms with Crippen molar-refractivity contribution in [2.24, 2.45) is 0 Å². The normalized spacial score (nSPS) is 10.0. The van der Waals surface area contributed by atoms with E-state index in [1.54, 1.807) is 32.4 Å². The van der Waals surface area contributed by atoms with E-state index in [2.05, 4.69) is 5.32 Å². The molecule has 0 heterocycles. The fourth-order valence-corrected chi connectivity index (χ4v) is 2.07. The number of hydrogen-bond acceptors (Lipinski definition) is 4. The van der Waals surface area contributed by atoms with Crippen molar-refractivity contribution in [1.29, 1.82) is 0 Å². The number of amides is 1. The molecule has 2 rings (SSSR count). The Morgan fingerprint density at radius 2 is 1.57 bits per heavy atom. The van der Waals surface area contributed by atoms with Crippen molar-refractivity contribution in [3.63, 3.8) is 0 Å². The Morgan fingerprint density at radius 3 is 2.17 bits per heavy atom. The molecule has 2 aromatic carbocycles. The van der Waals surface area contributed by atoms with Crippen molar-refractivity contribution in [1.82, 2.24) is 5.32 Å². The standard InChI is InChI=1S/C18H21NO4/c1-21-15-11-16(22-2)13-17(12-15)23-9-8-19-18(20)10-14-6-4-3-5-7-14/h3-7,11-13H,8-10H2,1-2H3,(H,19,20). The van der Waals surface area contributed by atoms with Gasteiger partial charge in [0.1, 0.15) is 23.9 Å². The predicted molar refractivity (Wildman–Crippen MR) is 88.2 cm³/mol. The zero-order chi connectivity index (χ0) is 16.5. The molecule has 0 spiro atoms. The smallest absolute Gasteiger partial charge is 0.224 e. The average Bonchev–Trinajstić information content (AvgIpc) is 2.59. The van der Waals surface area contributed by atoms with Crippen LogP contribution in [0.5, 0.6) is 17.2 Å². The highest BCUT2D eigenvalue weighted by Gasteiger charge is 2.04. The zero-order valence-electron chi connectivity index (χ0n) is 13.4. The summed E-state index contributed by atoms with van der Waals surface area (Å²) < 4.78 is 16.0. The average molecular weight is 315 g/mol. The van der Waals surface area contributed by atoms with E-state index in [1.807, 2.05) is 30.3 Å². The molecule has 0 aliphatic heterocycles. The molecule has 0 aliphatic carbocycles. The van der Waals surface area contributed by atoms with Crippen LogP contribution < -0.4 is 19.5 Å². The van der Waals surface area contributed by atoms with Crippen molar-refractivity contribution >= 4 is 5.91 Å². The molecular weight excluding hydrogens is 294 g/mol. The van der Waals surface area contributed by atoms with Crippen molar-refractivity contribution in [3.8, 4) is 17.2 Å². The van der Waals surface area contributed by atoms with Gasteiger partial charge in [-0.05, 0) is 5.56 Å². The summed E-state index contributed by atoms with van der Waals surface area (Å²) in [5.41, 5.74) is 0.989. The Bertz CT molecular complexity index is 606. The topological polar surface area (TPSA) is 56.8 Å². The maximum Gasteiger partial charge on any atom is 0.224 e. The second-order valence-corrected chi connectivity index (χ2v) is 4.91. The zero-order valence-corrected chi connectivity index (χ0v) is 13.4. The second kappa shape index (κ2) is 8.68. The van der Waals surface area contributed by atoms with Crippen LogP contribution in [0, 0.1) is 0 Å². The molecule has 0 saturated carbocycles. The van der Waals surface area contributed by atoms with Gasteiger partial charge < -0.3 is 19.5 Å². The molecular formula is C18H21NO4. The van der Waals surface area contributed by atoms with Crippen molar-refractivity contribution in [3.05, 3.63) is 54.1 Å². The molecule has 5 nitrogen and oxygen atoms in total. The Balaban J connectivity index is 1.76. The van der Waals surface area contributed by atoms with E-state index in [1.165, 1.54) is 0 Å². The van der Waals surface area contributed by atoms with E-state index in [-0.39, 0.29) is 5.91 Å². The number of carbonyl (C=O) groups excluding carboxylic acids is 1. The Labute approximate surface area is 136 Å². The third kappa shape index (κ3) is 5.54. The Morgan fingerprint density at radius 1 is 0.957 bits per heavy atom. The first-order chi connectivity index (χ1) is 11.2. The van der Waals surface area contributed by atoms with Crippen LogP contribution in [0.1, 0.15) is 5.56 Å². The Hall–Kier alpha value is -2.69. The first-order valence-corrected chi connectivity index (χ1v) is 7.38. The summed E-state index contributed by atoms with van der Waals surface area (Å²) in [5.74, 6) is 1.93. The van der Waals surface area contributed by atoms with Crippen LogP contribution in [-0.4, -0.2) is 33.3 Å². The third-order valence-electron chi connectivity index (χ3n) is 3.23. The predicted octanol–water partition coefficient (Wildman–Crippen LogP) is 2.44. The minimum absolute atomic E-state index is 0.0250. The third-order valence-corrected chi connectivity index (χ3v) is 3.23. The summed E-state index contributed by atoms with van der Waals surface area (Å²) in [6.07, 6.45) is 0.369. The van der Waals surface area contributed by atoms with Crippen LogP contribution >= 0.6 is 0 Å². The van der Waals surface area contributed by atoms with Crippen LogP contribution in [0.2, 0.25) is 0 Å². The van der Waals surface area contributed by atoms with Gasteiger partial charge in [-0.2, -0.15) is 0 Å². The highest BCUT2D eigenvalue weighted by atomic mass is 16.5. The van der Waals surface area contributed by atoms with Gasteiger partial charge in [0.25, 0.3) is 0 Å². The lowest BCUT2D eigenvalue weighted by atomic mass is 10.1. The largest absolute Gasteiger partial charge is 0.496 e. The second-order valence-electron chi connectivity index (χ2n) is 4.91. The molecule has 1 N–H and O–H groups in total. The molecule has 0 aliphatic rings. The van der Waals surface area contributed by atoms with Crippen molar-refractivity contribution < 1.29 is 19.0 Å². The molecule has 0 fully saturated rings. The molecule has 0 aromatic heterocycles. The molecule has 0 radical (unpaired) electrons. The summed E-state index contributed by atoms with van der Waals surface area (Å²) in [4.78, 5) is 11.8. The summed E-state index contributed by atoms with van der Waals surface area (Å²) in [6.45, 7) is 0.808. The highest BCUT2D eigenvalue weighted by Crippen LogP contribution is 2.27. The molecule has 0 unspecified atom stereocenters. The van der Waals surface area contributed by atoms with Gasteiger partial charge in [-0.1, -0.05) is 30.3 Å². The van der Waals surface area contributed by atoms with Crippen LogP contribution in [0.3, 0.4) is 0 Å². The number of carbonyl (C=O) groups is 1. The highest BCUT2D eigenvalue weighted by molar-refractivity contribution is 5.78. The maximum atomic E-state index is 11.8. The summed E-state index contributed by atoms with van der Waals surface area (Å²) >= 11 is 0. The van der Waals surface area contributed by atoms with E-state index in [9.17, 15) is 4.79 Å². The monoisotopic (exact) mass is 315 g/mol. The van der Waals surface area contributed by atoms with Gasteiger partial charge in [-0.15, -0.1) is 0 Å². The van der Waals surface area contributed by atoms with E-state index >= 15 is 0 Å². The Kier molecular flexibility index (Phi) is 6.29. The van der Waals surface area contributed by atoms with Gasteiger partial charge in [-0.3, -0.25) is 4.79 Å². The van der Waals surface area contributed by atoms with Gasteiger partial charge in [0.05, 0.1) is 27.2 Å². The van der Waals surface area contributed by atoms with Crippen LogP contribution in [-0.2, 0) is 11.2 Å². The fraction of sp³-hybridized carbons (Fsp3) is 0.278. The number of rotatable bonds is 8. The SMILES string of the molecule is COc1cc(OC)cc(OCCNC(=O)Cc2ccccc2)c1. The van der Waals surface area contributed by atoms with E-state index < -0.39 is 0 Å². The van der Waals surface area contributed by atoms with Gasteiger partial charge in [0, 0.05) is 18.2 Å². The molecule has 1 amide bonds. The number of methoxy groups -OCH3 is 2. The van der Waals surface area contributed by atoms with E-state index in [0.717, 1.165) is 5.56 Å². The molecule has 0 bridgehead atoms. The van der Waals surface area contributed by atoms with Gasteiger partial charge >= 0.3 is 0 Å². The molecule has 2 aromatic rings. The molecule has 23 heavy (non-hydrogen) atoms. The summed E-state index contributed by atoms with van der Waals surface area (Å²) in [5, 5.41) is 2.83. The quantitative estimate of drug-likeness (QED) is 0.760. The van der Waals surface area contributed by atoms with E-state index in [0.29, 0.717) is 36.8 Å². The maximum absolute atomic E-state index is 11.8. The van der Waals surface area contributed by atoms with Crippen molar-refractivity contribution in [2.75, 3.05) is 27.4 Å². The number of hydrogen-bond donors (Lipinski definition) is 1. The number of benzene rings is 2. The van der Waals surface area contributed by atoms with Crippen LogP contribution in [0.25, 0.3) is 0 Å². The van der Waals surface area contributed by atoms with Crippen molar-refractivity contribution in [2.45, 2.75) is 6.42 Å². The molecule has 5 heteroatoms. The summed E-state index contributed by atoms with van der Waals surface area (Å²) in [6, 6.07) is 14.9. The minimum atomic E-state index is -0.0250. The lowest BCUT2D eigenvalue weighted by Crippen LogP contribution is -2.29. The van der Waals surface area contributed by atoms with Gasteiger partial charge in [0.2, 0.25) is 5.91 Å². The van der Waals surface area contributed by atoms with E-state index in [4.69, 9.17) is 14.2 Å². The van der Waals surface area contributed by atoms with Crippen LogP contribution in [0.15, 0.2) is 48.5 Å². The molecule has 122 valence electrons. The summed E-state index contributed by atoms with van der Waals surface area (Å²) in [7, 11) is 3.17. The number of ether oxygens (including phenoxy) is 3. The first kappa shape index (κ1) is 16.7. The molecule has 0 atom stereocenters.